The number of nitrogens with zero attached hydrogens (tertiary/aromatic N) is 3. The van der Waals surface area contributed by atoms with Gasteiger partial charge in [-0.25, -0.2) is 9.97 Å². The van der Waals surface area contributed by atoms with Gasteiger partial charge in [0.1, 0.15) is 0 Å². The molecule has 2 aliphatic rings. The summed E-state index contributed by atoms with van der Waals surface area (Å²) in [4.78, 5) is 12.7. The van der Waals surface area contributed by atoms with E-state index >= 15 is 0 Å². The average molecular weight is 682 g/mol. The summed E-state index contributed by atoms with van der Waals surface area (Å²) >= 11 is 0. The highest BCUT2D eigenvalue weighted by atomic mass is 15.1. The topological polar surface area (TPSA) is 29.0 Å². The first-order valence-electron chi connectivity index (χ1n) is 18.5. The highest BCUT2D eigenvalue weighted by Crippen LogP contribution is 2.55. The summed E-state index contributed by atoms with van der Waals surface area (Å²) < 4.78 is 0. The Morgan fingerprint density at radius 3 is 1.83 bits per heavy atom. The first kappa shape index (κ1) is 31.4. The van der Waals surface area contributed by atoms with Crippen molar-refractivity contribution in [1.29, 1.82) is 0 Å². The number of rotatable bonds is 5. The van der Waals surface area contributed by atoms with Crippen molar-refractivity contribution in [1.82, 2.24) is 9.97 Å². The summed E-state index contributed by atoms with van der Waals surface area (Å²) in [6.07, 6.45) is 0. The highest BCUT2D eigenvalue weighted by molar-refractivity contribution is 5.97. The maximum Gasteiger partial charge on any atom is 0.160 e. The number of benzene rings is 7. The first-order chi connectivity index (χ1) is 25.8. The van der Waals surface area contributed by atoms with Gasteiger partial charge in [0.25, 0.3) is 0 Å². The summed E-state index contributed by atoms with van der Waals surface area (Å²) in [5.74, 6) is 0.717. The van der Waals surface area contributed by atoms with Crippen molar-refractivity contribution >= 4 is 28.0 Å². The second kappa shape index (κ2) is 11.6. The molecule has 3 heteroatoms. The minimum Gasteiger partial charge on any atom is -0.310 e. The molecule has 0 atom stereocenters. The zero-order valence-corrected chi connectivity index (χ0v) is 30.4. The predicted molar refractivity (Wildman–Crippen MR) is 220 cm³/mol. The number of para-hydroxylation sites is 1. The second-order valence-electron chi connectivity index (χ2n) is 15.4. The molecule has 1 aromatic heterocycles. The van der Waals surface area contributed by atoms with Gasteiger partial charge in [-0.2, -0.15) is 0 Å². The number of anilines is 3. The van der Waals surface area contributed by atoms with E-state index in [9.17, 15) is 0 Å². The standard InChI is InChI=1S/C50H39N3/c1-49(2)41-21-12-9-18-38(41)46-42(49)22-14-24-45(46)53(35-29-30-37-36-17-8-11-20-40(36)50(3,4)43(37)31-35)34-27-25-33(26-28-34)48-51-44-23-13-10-19-39(44)47(52-48)32-15-6-5-7-16-32/h5-31H,1-4H3. The molecule has 7 aromatic carbocycles. The molecule has 0 saturated heterocycles. The molecule has 0 aliphatic heterocycles. The van der Waals surface area contributed by atoms with E-state index in [2.05, 4.69) is 184 Å². The van der Waals surface area contributed by atoms with Crippen LogP contribution in [0.15, 0.2) is 164 Å². The molecule has 8 aromatic rings. The van der Waals surface area contributed by atoms with Gasteiger partial charge in [-0.15, -0.1) is 0 Å². The van der Waals surface area contributed by atoms with Crippen LogP contribution >= 0.6 is 0 Å². The molecule has 0 unspecified atom stereocenters. The fourth-order valence-corrected chi connectivity index (χ4v) is 8.96. The molecule has 254 valence electrons. The lowest BCUT2D eigenvalue weighted by molar-refractivity contribution is 0.660. The Hall–Kier alpha value is -6.32. The van der Waals surface area contributed by atoms with Crippen LogP contribution in [0, 0.1) is 0 Å². The number of hydrogen-bond donors (Lipinski definition) is 0. The van der Waals surface area contributed by atoms with E-state index in [-0.39, 0.29) is 10.8 Å². The maximum absolute atomic E-state index is 5.17. The Bertz CT molecular complexity index is 2720. The van der Waals surface area contributed by atoms with Crippen LogP contribution in [0.4, 0.5) is 17.1 Å². The Balaban J connectivity index is 1.16. The molecule has 0 amide bonds. The van der Waals surface area contributed by atoms with Crippen molar-refractivity contribution in [3.63, 3.8) is 0 Å². The zero-order chi connectivity index (χ0) is 35.9. The molecule has 2 aliphatic carbocycles. The minimum atomic E-state index is -0.116. The van der Waals surface area contributed by atoms with Gasteiger partial charge in [0.2, 0.25) is 0 Å². The van der Waals surface area contributed by atoms with E-state index in [4.69, 9.17) is 9.97 Å². The van der Waals surface area contributed by atoms with Crippen LogP contribution in [-0.2, 0) is 10.8 Å². The van der Waals surface area contributed by atoms with Gasteiger partial charge < -0.3 is 4.90 Å². The lowest BCUT2D eigenvalue weighted by Crippen LogP contribution is -2.17. The van der Waals surface area contributed by atoms with Crippen molar-refractivity contribution in [2.45, 2.75) is 38.5 Å². The first-order valence-corrected chi connectivity index (χ1v) is 18.5. The van der Waals surface area contributed by atoms with Crippen LogP contribution < -0.4 is 4.90 Å². The van der Waals surface area contributed by atoms with Crippen molar-refractivity contribution in [3.8, 4) is 44.9 Å². The Kier molecular flexibility index (Phi) is 6.87. The van der Waals surface area contributed by atoms with Gasteiger partial charge in [-0.3, -0.25) is 0 Å². The van der Waals surface area contributed by atoms with E-state index in [1.165, 1.54) is 50.2 Å². The van der Waals surface area contributed by atoms with Gasteiger partial charge in [-0.05, 0) is 87.5 Å². The van der Waals surface area contributed by atoms with E-state index in [0.29, 0.717) is 5.82 Å². The summed E-state index contributed by atoms with van der Waals surface area (Å²) in [7, 11) is 0. The lowest BCUT2D eigenvalue weighted by atomic mass is 9.82. The molecule has 0 bridgehead atoms. The molecule has 0 saturated carbocycles. The van der Waals surface area contributed by atoms with Crippen LogP contribution in [-0.4, -0.2) is 9.97 Å². The third-order valence-corrected chi connectivity index (χ3v) is 11.7. The van der Waals surface area contributed by atoms with Crippen LogP contribution in [0.3, 0.4) is 0 Å². The monoisotopic (exact) mass is 681 g/mol. The van der Waals surface area contributed by atoms with Crippen LogP contribution in [0.25, 0.3) is 55.8 Å². The van der Waals surface area contributed by atoms with E-state index in [1.807, 2.05) is 12.1 Å². The molecule has 0 spiro atoms. The number of fused-ring (bicyclic) bond motifs is 7. The number of aromatic nitrogens is 2. The van der Waals surface area contributed by atoms with Gasteiger partial charge in [-0.1, -0.05) is 143 Å². The van der Waals surface area contributed by atoms with Crippen molar-refractivity contribution < 1.29 is 0 Å². The summed E-state index contributed by atoms with van der Waals surface area (Å²) in [6.45, 7) is 9.41. The largest absolute Gasteiger partial charge is 0.310 e. The smallest absolute Gasteiger partial charge is 0.160 e. The molecular formula is C50H39N3. The van der Waals surface area contributed by atoms with Crippen LogP contribution in [0.1, 0.15) is 49.9 Å². The highest BCUT2D eigenvalue weighted by Gasteiger charge is 2.39. The molecule has 10 rings (SSSR count). The molecule has 1 heterocycles. The lowest BCUT2D eigenvalue weighted by Gasteiger charge is -2.30. The Morgan fingerprint density at radius 2 is 1.04 bits per heavy atom. The average Bonchev–Trinajstić information content (AvgIpc) is 3.58. The van der Waals surface area contributed by atoms with E-state index in [0.717, 1.165) is 39.1 Å². The van der Waals surface area contributed by atoms with Crippen molar-refractivity contribution in [2.75, 3.05) is 4.90 Å². The van der Waals surface area contributed by atoms with Crippen LogP contribution in [0.5, 0.6) is 0 Å². The quantitative estimate of drug-likeness (QED) is 0.181. The van der Waals surface area contributed by atoms with E-state index in [1.54, 1.807) is 0 Å². The third kappa shape index (κ3) is 4.73. The van der Waals surface area contributed by atoms with Gasteiger partial charge in [0.05, 0.1) is 16.9 Å². The van der Waals surface area contributed by atoms with E-state index < -0.39 is 0 Å². The number of hydrogen-bond acceptors (Lipinski definition) is 3. The molecule has 53 heavy (non-hydrogen) atoms. The second-order valence-corrected chi connectivity index (χ2v) is 15.4. The normalized spacial score (nSPS) is 14.3. The van der Waals surface area contributed by atoms with Crippen molar-refractivity contribution in [2.24, 2.45) is 0 Å². The maximum atomic E-state index is 5.17. The minimum absolute atomic E-state index is 0.108. The Morgan fingerprint density at radius 1 is 0.434 bits per heavy atom. The zero-order valence-electron chi connectivity index (χ0n) is 30.4. The third-order valence-electron chi connectivity index (χ3n) is 11.7. The molecule has 3 nitrogen and oxygen atoms in total. The predicted octanol–water partition coefficient (Wildman–Crippen LogP) is 13.0. The SMILES string of the molecule is CC1(C)c2ccccc2-c2ccc(N(c3ccc(-c4nc(-c5ccccc5)c5ccccc5n4)cc3)c3cccc4c3-c3ccccc3C4(C)C)cc21. The van der Waals surface area contributed by atoms with Gasteiger partial charge in [0, 0.05) is 44.3 Å². The summed E-state index contributed by atoms with van der Waals surface area (Å²) in [5, 5.41) is 1.05. The molecule has 0 N–H and O–H groups in total. The van der Waals surface area contributed by atoms with Gasteiger partial charge in [0.15, 0.2) is 5.82 Å². The molecule has 0 radical (unpaired) electrons. The summed E-state index contributed by atoms with van der Waals surface area (Å²) in [5.41, 5.74) is 17.8. The summed E-state index contributed by atoms with van der Waals surface area (Å²) in [6, 6.07) is 59.2. The fourth-order valence-electron chi connectivity index (χ4n) is 8.96. The Labute approximate surface area is 311 Å². The van der Waals surface area contributed by atoms with Crippen molar-refractivity contribution in [3.05, 3.63) is 186 Å². The molecular weight excluding hydrogens is 643 g/mol. The van der Waals surface area contributed by atoms with Gasteiger partial charge >= 0.3 is 0 Å². The molecule has 0 fully saturated rings. The fraction of sp³-hybridized carbons (Fsp3) is 0.120. The van der Waals surface area contributed by atoms with Crippen LogP contribution in [0.2, 0.25) is 0 Å².